The average molecular weight is 368 g/mol. The van der Waals surface area contributed by atoms with Crippen molar-refractivity contribution in [2.45, 2.75) is 19.4 Å². The van der Waals surface area contributed by atoms with Crippen molar-refractivity contribution in [3.05, 3.63) is 34.1 Å². The van der Waals surface area contributed by atoms with E-state index in [1.807, 2.05) is 6.92 Å². The van der Waals surface area contributed by atoms with Crippen molar-refractivity contribution in [1.29, 1.82) is 0 Å². The number of hydrogen-bond acceptors (Lipinski definition) is 6. The van der Waals surface area contributed by atoms with Gasteiger partial charge in [0.2, 0.25) is 0 Å². The molecule has 0 aliphatic carbocycles. The lowest BCUT2D eigenvalue weighted by Crippen LogP contribution is -2.13. The van der Waals surface area contributed by atoms with Crippen LogP contribution in [0, 0.1) is 0 Å². The van der Waals surface area contributed by atoms with E-state index in [0.717, 1.165) is 5.56 Å². The molecule has 1 aromatic carbocycles. The highest BCUT2D eigenvalue weighted by molar-refractivity contribution is 6.43. The first-order chi connectivity index (χ1) is 11.6. The molecule has 0 N–H and O–H groups in total. The van der Waals surface area contributed by atoms with Gasteiger partial charge in [0.05, 0.1) is 47.5 Å². The zero-order valence-corrected chi connectivity index (χ0v) is 14.8. The maximum Gasteiger partial charge on any atom is 0.278 e. The maximum absolute atomic E-state index is 6.50. The van der Waals surface area contributed by atoms with E-state index in [9.17, 15) is 0 Å². The number of methoxy groups -OCH3 is 2. The van der Waals surface area contributed by atoms with Crippen LogP contribution in [0.1, 0.15) is 24.9 Å². The van der Waals surface area contributed by atoms with E-state index in [0.29, 0.717) is 27.5 Å². The minimum absolute atomic E-state index is 0.186. The molecular formula is C15H15Cl2N5O2. The van der Waals surface area contributed by atoms with Gasteiger partial charge in [-0.1, -0.05) is 35.3 Å². The molecule has 24 heavy (non-hydrogen) atoms. The van der Waals surface area contributed by atoms with Crippen LogP contribution in [0.15, 0.2) is 18.5 Å². The van der Waals surface area contributed by atoms with Crippen LogP contribution in [0.4, 0.5) is 0 Å². The Morgan fingerprint density at radius 2 is 1.88 bits per heavy atom. The molecule has 0 fully saturated rings. The summed E-state index contributed by atoms with van der Waals surface area (Å²) in [5, 5.41) is 8.74. The fraction of sp³-hybridized carbons (Fsp3) is 0.333. The van der Waals surface area contributed by atoms with Crippen molar-refractivity contribution in [3.8, 4) is 11.8 Å². The highest BCUT2D eigenvalue weighted by Gasteiger charge is 2.24. The van der Waals surface area contributed by atoms with Crippen molar-refractivity contribution in [3.63, 3.8) is 0 Å². The van der Waals surface area contributed by atoms with Crippen LogP contribution in [-0.2, 0) is 0 Å². The lowest BCUT2D eigenvalue weighted by Gasteiger charge is -2.19. The molecule has 0 saturated carbocycles. The van der Waals surface area contributed by atoms with Crippen LogP contribution in [0.3, 0.4) is 0 Å². The second-order valence-corrected chi connectivity index (χ2v) is 5.79. The fourth-order valence-corrected chi connectivity index (χ4v) is 3.08. The Hall–Kier alpha value is -2.12. The zero-order chi connectivity index (χ0) is 17.3. The molecule has 1 unspecified atom stereocenters. The number of fused-ring (bicyclic) bond motifs is 1. The van der Waals surface area contributed by atoms with Crippen LogP contribution < -0.4 is 9.47 Å². The van der Waals surface area contributed by atoms with E-state index in [1.165, 1.54) is 14.2 Å². The highest BCUT2D eigenvalue weighted by atomic mass is 35.5. The maximum atomic E-state index is 6.50. The molecule has 0 amide bonds. The van der Waals surface area contributed by atoms with Crippen molar-refractivity contribution >= 4 is 34.2 Å². The Kier molecular flexibility index (Phi) is 4.73. The number of halogens is 2. The fourth-order valence-electron chi connectivity index (χ4n) is 2.61. The summed E-state index contributed by atoms with van der Waals surface area (Å²) in [6, 6.07) is 1.47. The largest absolute Gasteiger partial charge is 0.477 e. The number of hydrogen-bond donors (Lipinski definition) is 0. The highest BCUT2D eigenvalue weighted by Crippen LogP contribution is 2.39. The normalized spacial score (nSPS) is 12.4. The Bertz CT molecular complexity index is 870. The van der Waals surface area contributed by atoms with E-state index in [-0.39, 0.29) is 17.8 Å². The molecule has 126 valence electrons. The second kappa shape index (κ2) is 6.78. The molecule has 0 radical (unpaired) electrons. The van der Waals surface area contributed by atoms with E-state index in [1.54, 1.807) is 23.1 Å². The van der Waals surface area contributed by atoms with Crippen molar-refractivity contribution in [1.82, 2.24) is 25.0 Å². The predicted molar refractivity (Wildman–Crippen MR) is 91.1 cm³/mol. The van der Waals surface area contributed by atoms with Gasteiger partial charge in [-0.05, 0) is 12.5 Å². The van der Waals surface area contributed by atoms with Crippen LogP contribution in [0.5, 0.6) is 11.8 Å². The van der Waals surface area contributed by atoms with Gasteiger partial charge in [0.1, 0.15) is 0 Å². The molecule has 0 saturated heterocycles. The molecule has 2 aromatic heterocycles. The summed E-state index contributed by atoms with van der Waals surface area (Å²) < 4.78 is 12.2. The molecule has 0 spiro atoms. The molecule has 3 aromatic rings. The Morgan fingerprint density at radius 3 is 2.46 bits per heavy atom. The van der Waals surface area contributed by atoms with Gasteiger partial charge in [0.15, 0.2) is 0 Å². The third-order valence-electron chi connectivity index (χ3n) is 3.69. The lowest BCUT2D eigenvalue weighted by atomic mass is 10.0. The Labute approximate surface area is 148 Å². The third kappa shape index (κ3) is 2.74. The van der Waals surface area contributed by atoms with E-state index >= 15 is 0 Å². The Balaban J connectivity index is 2.34. The summed E-state index contributed by atoms with van der Waals surface area (Å²) >= 11 is 12.8. The molecule has 9 heteroatoms. The SMILES string of the molecule is CCC(c1c(Cl)c(Cl)cc2nc(OC)c(OC)nc12)n1ccnn1. The lowest BCUT2D eigenvalue weighted by molar-refractivity contribution is 0.334. The predicted octanol–water partition coefficient (Wildman–Crippen LogP) is 3.54. The average Bonchev–Trinajstić information content (AvgIpc) is 3.12. The smallest absolute Gasteiger partial charge is 0.278 e. The van der Waals surface area contributed by atoms with Gasteiger partial charge in [0, 0.05) is 11.8 Å². The standard InChI is InChI=1S/C15H15Cl2N5O2/c1-4-10(22-6-5-18-21-22)11-12(17)8(16)7-9-13(11)20-15(24-3)14(19-9)23-2/h5-7,10H,4H2,1-3H3. The summed E-state index contributed by atoms with van der Waals surface area (Å²) in [6.07, 6.45) is 4.10. The van der Waals surface area contributed by atoms with Crippen molar-refractivity contribution in [2.75, 3.05) is 14.2 Å². The van der Waals surface area contributed by atoms with E-state index in [4.69, 9.17) is 32.7 Å². The molecule has 0 bridgehead atoms. The van der Waals surface area contributed by atoms with Gasteiger partial charge in [-0.15, -0.1) is 5.10 Å². The van der Waals surface area contributed by atoms with E-state index in [2.05, 4.69) is 20.3 Å². The summed E-state index contributed by atoms with van der Waals surface area (Å²) in [7, 11) is 3.01. The summed E-state index contributed by atoms with van der Waals surface area (Å²) in [6.45, 7) is 2.02. The van der Waals surface area contributed by atoms with Crippen LogP contribution >= 0.6 is 23.2 Å². The number of rotatable bonds is 5. The first-order valence-electron chi connectivity index (χ1n) is 7.24. The molecule has 0 aliphatic rings. The minimum Gasteiger partial charge on any atom is -0.477 e. The molecular weight excluding hydrogens is 353 g/mol. The van der Waals surface area contributed by atoms with Crippen molar-refractivity contribution < 1.29 is 9.47 Å². The van der Waals surface area contributed by atoms with Crippen LogP contribution in [-0.4, -0.2) is 39.2 Å². The van der Waals surface area contributed by atoms with Gasteiger partial charge < -0.3 is 9.47 Å². The van der Waals surface area contributed by atoms with Gasteiger partial charge in [-0.2, -0.15) is 0 Å². The zero-order valence-electron chi connectivity index (χ0n) is 13.3. The van der Waals surface area contributed by atoms with Crippen molar-refractivity contribution in [2.24, 2.45) is 0 Å². The topological polar surface area (TPSA) is 75.0 Å². The monoisotopic (exact) mass is 367 g/mol. The molecule has 2 heterocycles. The van der Waals surface area contributed by atoms with E-state index < -0.39 is 0 Å². The number of ether oxygens (including phenoxy) is 2. The minimum atomic E-state index is -0.186. The quantitative estimate of drug-likeness (QED) is 0.686. The molecule has 7 nitrogen and oxygen atoms in total. The second-order valence-electron chi connectivity index (χ2n) is 5.00. The summed E-state index contributed by atoms with van der Waals surface area (Å²) in [5.41, 5.74) is 1.88. The molecule has 3 rings (SSSR count). The molecule has 0 aliphatic heterocycles. The first-order valence-corrected chi connectivity index (χ1v) is 7.99. The third-order valence-corrected chi connectivity index (χ3v) is 4.49. The van der Waals surface area contributed by atoms with Crippen LogP contribution in [0.25, 0.3) is 11.0 Å². The number of nitrogens with zero attached hydrogens (tertiary/aromatic N) is 5. The van der Waals surface area contributed by atoms with Gasteiger partial charge in [-0.3, -0.25) is 0 Å². The Morgan fingerprint density at radius 1 is 1.17 bits per heavy atom. The summed E-state index contributed by atoms with van der Waals surface area (Å²) in [4.78, 5) is 8.96. The number of aromatic nitrogens is 5. The first kappa shape index (κ1) is 16.7. The van der Waals surface area contributed by atoms with Gasteiger partial charge >= 0.3 is 0 Å². The number of benzene rings is 1. The van der Waals surface area contributed by atoms with Gasteiger partial charge in [0.25, 0.3) is 11.8 Å². The van der Waals surface area contributed by atoms with Gasteiger partial charge in [-0.25, -0.2) is 14.6 Å². The summed E-state index contributed by atoms with van der Waals surface area (Å²) in [5.74, 6) is 0.557. The molecule has 1 atom stereocenters. The van der Waals surface area contributed by atoms with Crippen LogP contribution in [0.2, 0.25) is 10.0 Å².